The van der Waals surface area contributed by atoms with Gasteiger partial charge in [-0.05, 0) is 54.2 Å². The molecule has 1 amide bonds. The molecule has 0 unspecified atom stereocenters. The molecule has 0 radical (unpaired) electrons. The normalized spacial score (nSPS) is 13.3. The van der Waals surface area contributed by atoms with Gasteiger partial charge in [0, 0.05) is 30.3 Å². The van der Waals surface area contributed by atoms with Crippen LogP contribution >= 0.6 is 23.2 Å². The van der Waals surface area contributed by atoms with E-state index in [1.807, 2.05) is 6.07 Å². The number of benzene rings is 2. The fourth-order valence-electron chi connectivity index (χ4n) is 4.30. The van der Waals surface area contributed by atoms with Crippen molar-refractivity contribution in [2.75, 3.05) is 35.0 Å². The summed E-state index contributed by atoms with van der Waals surface area (Å²) in [5, 5.41) is 0.550. The third kappa shape index (κ3) is 8.67. The second-order valence-electron chi connectivity index (χ2n) is 9.94. The summed E-state index contributed by atoms with van der Waals surface area (Å²) in [5.41, 5.74) is 1.73. The van der Waals surface area contributed by atoms with Crippen LogP contribution in [0.25, 0.3) is 0 Å². The summed E-state index contributed by atoms with van der Waals surface area (Å²) in [7, 11) is 6.11. The van der Waals surface area contributed by atoms with Crippen LogP contribution in [-0.4, -0.2) is 52.6 Å². The molecule has 1 aliphatic rings. The molecule has 232 valence electrons. The van der Waals surface area contributed by atoms with Gasteiger partial charge in [0.1, 0.15) is 23.3 Å². The first kappa shape index (κ1) is 32.2. The van der Waals surface area contributed by atoms with Gasteiger partial charge in [-0.2, -0.15) is 8.78 Å². The van der Waals surface area contributed by atoms with Gasteiger partial charge < -0.3 is 28.6 Å². The Morgan fingerprint density at radius 3 is 2.26 bits per heavy atom. The molecule has 1 saturated carbocycles. The van der Waals surface area contributed by atoms with Crippen molar-refractivity contribution in [3.63, 3.8) is 0 Å². The average Bonchev–Trinajstić information content (AvgIpc) is 3.82. The van der Waals surface area contributed by atoms with E-state index < -0.39 is 18.8 Å². The highest BCUT2D eigenvalue weighted by molar-refractivity contribution is 6.35. The van der Waals surface area contributed by atoms with E-state index in [2.05, 4.69) is 4.74 Å². The predicted octanol–water partition coefficient (Wildman–Crippen LogP) is 6.30. The lowest BCUT2D eigenvalue weighted by molar-refractivity contribution is -0.885. The van der Waals surface area contributed by atoms with E-state index in [-0.39, 0.29) is 34.5 Å². The summed E-state index contributed by atoms with van der Waals surface area (Å²) in [6, 6.07) is 9.75. The Labute approximate surface area is 258 Å². The Kier molecular flexibility index (Phi) is 11.0. The highest BCUT2D eigenvalue weighted by atomic mass is 35.5. The fourth-order valence-corrected chi connectivity index (χ4v) is 4.89. The van der Waals surface area contributed by atoms with Crippen LogP contribution in [0.2, 0.25) is 10.0 Å². The number of nitrogens with zero attached hydrogens (tertiary/aromatic N) is 2. The van der Waals surface area contributed by atoms with Gasteiger partial charge in [0.2, 0.25) is 12.4 Å². The van der Waals surface area contributed by atoms with Crippen LogP contribution in [0, 0.1) is 5.92 Å². The Hall–Kier alpha value is -3.70. The highest BCUT2D eigenvalue weighted by Crippen LogP contribution is 2.38. The standard InChI is InChI=1S/C30H33Cl2F2N2O7/c1-35(14-19-7-9-24(38-2)27(11-19)39-3)30(37)43-26(13-21-22(31)15-36(40-4)16-23(21)32)20-8-10-25(42-29(33)34)28(12-20)41-17-18-5-6-18/h7-12,15-16,18,26,29H,5-6,13-14,17H2,1-4H3/q+1/t26-/m0/s1. The first-order valence-corrected chi connectivity index (χ1v) is 14.1. The van der Waals surface area contributed by atoms with Gasteiger partial charge in [-0.1, -0.05) is 35.3 Å². The molecule has 4 rings (SSSR count). The van der Waals surface area contributed by atoms with Gasteiger partial charge in [-0.15, -0.1) is 0 Å². The number of carbonyl (C=O) groups excluding carboxylic acids is 1. The lowest BCUT2D eigenvalue weighted by Crippen LogP contribution is -2.40. The SMILES string of the molecule is COc1ccc(CN(C)C(=O)O[C@@H](Cc2c(Cl)c[n+](OC)cc2Cl)c2ccc(OC(F)F)c(OCC3CC3)c2)cc1OC. The number of pyridine rings is 1. The van der Waals surface area contributed by atoms with Crippen LogP contribution in [0.1, 0.15) is 35.6 Å². The predicted molar refractivity (Wildman–Crippen MR) is 154 cm³/mol. The molecule has 0 aliphatic heterocycles. The number of halogens is 4. The van der Waals surface area contributed by atoms with Gasteiger partial charge in [0.25, 0.3) is 0 Å². The van der Waals surface area contributed by atoms with Crippen molar-refractivity contribution in [2.45, 2.75) is 38.5 Å². The smallest absolute Gasteiger partial charge is 0.410 e. The number of rotatable bonds is 14. The Morgan fingerprint density at radius 2 is 1.65 bits per heavy atom. The first-order chi connectivity index (χ1) is 20.6. The molecular weight excluding hydrogens is 609 g/mol. The number of carbonyl (C=O) groups is 1. The number of aromatic nitrogens is 1. The zero-order chi connectivity index (χ0) is 31.1. The Balaban J connectivity index is 1.63. The number of hydrogen-bond donors (Lipinski definition) is 0. The van der Waals surface area contributed by atoms with Crippen molar-refractivity contribution in [1.29, 1.82) is 0 Å². The average molecular weight is 643 g/mol. The lowest BCUT2D eigenvalue weighted by atomic mass is 10.0. The van der Waals surface area contributed by atoms with Crippen molar-refractivity contribution in [3.05, 3.63) is 75.5 Å². The lowest BCUT2D eigenvalue weighted by Gasteiger charge is -2.24. The van der Waals surface area contributed by atoms with Crippen molar-refractivity contribution >= 4 is 29.3 Å². The molecule has 0 saturated heterocycles. The van der Waals surface area contributed by atoms with Crippen molar-refractivity contribution in [2.24, 2.45) is 5.92 Å². The highest BCUT2D eigenvalue weighted by Gasteiger charge is 2.28. The molecule has 9 nitrogen and oxygen atoms in total. The van der Waals surface area contributed by atoms with E-state index in [0.29, 0.717) is 35.2 Å². The molecule has 1 atom stereocenters. The maximum atomic E-state index is 13.4. The number of alkyl halides is 2. The molecule has 0 bridgehead atoms. The van der Waals surface area contributed by atoms with Crippen LogP contribution in [0.3, 0.4) is 0 Å². The monoisotopic (exact) mass is 641 g/mol. The third-order valence-corrected chi connectivity index (χ3v) is 7.46. The molecule has 43 heavy (non-hydrogen) atoms. The minimum atomic E-state index is -3.04. The van der Waals surface area contributed by atoms with Crippen LogP contribution in [0.15, 0.2) is 48.8 Å². The minimum Gasteiger partial charge on any atom is -0.493 e. The van der Waals surface area contributed by atoms with E-state index >= 15 is 0 Å². The summed E-state index contributed by atoms with van der Waals surface area (Å²) in [5.74, 6) is 1.43. The van der Waals surface area contributed by atoms with Gasteiger partial charge >= 0.3 is 12.7 Å². The maximum Gasteiger partial charge on any atom is 0.410 e. The van der Waals surface area contributed by atoms with Crippen LogP contribution in [0.5, 0.6) is 23.0 Å². The fraction of sp³-hybridized carbons (Fsp3) is 0.400. The number of amides is 1. The summed E-state index contributed by atoms with van der Waals surface area (Å²) in [6.45, 7) is -2.49. The first-order valence-electron chi connectivity index (χ1n) is 13.4. The maximum absolute atomic E-state index is 13.4. The number of methoxy groups -OCH3 is 2. The third-order valence-electron chi connectivity index (χ3n) is 6.81. The summed E-state index contributed by atoms with van der Waals surface area (Å²) in [4.78, 5) is 19.9. The summed E-state index contributed by atoms with van der Waals surface area (Å²) >= 11 is 13.0. The second kappa shape index (κ2) is 14.7. The molecule has 2 aromatic carbocycles. The molecule has 3 aromatic rings. The van der Waals surface area contributed by atoms with Crippen LogP contribution < -0.4 is 28.5 Å². The molecule has 13 heteroatoms. The van der Waals surface area contributed by atoms with E-state index in [4.69, 9.17) is 47.0 Å². The number of ether oxygens (including phenoxy) is 5. The van der Waals surface area contributed by atoms with Gasteiger partial charge in [0.15, 0.2) is 23.0 Å². The molecule has 0 spiro atoms. The zero-order valence-corrected chi connectivity index (χ0v) is 25.7. The number of hydrogen-bond acceptors (Lipinski definition) is 7. The molecule has 1 fully saturated rings. The van der Waals surface area contributed by atoms with Crippen molar-refractivity contribution in [3.8, 4) is 23.0 Å². The van der Waals surface area contributed by atoms with E-state index in [9.17, 15) is 13.6 Å². The van der Waals surface area contributed by atoms with E-state index in [1.54, 1.807) is 19.2 Å². The summed E-state index contributed by atoms with van der Waals surface area (Å²) in [6.07, 6.45) is 3.53. The van der Waals surface area contributed by atoms with Crippen LogP contribution in [0.4, 0.5) is 13.6 Å². The van der Waals surface area contributed by atoms with Gasteiger partial charge in [-0.3, -0.25) is 4.84 Å². The quantitative estimate of drug-likeness (QED) is 0.191. The van der Waals surface area contributed by atoms with Gasteiger partial charge in [0.05, 0.1) is 20.8 Å². The van der Waals surface area contributed by atoms with E-state index in [0.717, 1.165) is 18.4 Å². The van der Waals surface area contributed by atoms with Crippen molar-refractivity contribution in [1.82, 2.24) is 4.90 Å². The minimum absolute atomic E-state index is 0.0648. The largest absolute Gasteiger partial charge is 0.493 e. The second-order valence-corrected chi connectivity index (χ2v) is 10.8. The summed E-state index contributed by atoms with van der Waals surface area (Å²) < 4.78 is 54.8. The van der Waals surface area contributed by atoms with Gasteiger partial charge in [-0.25, -0.2) is 4.79 Å². The van der Waals surface area contributed by atoms with Crippen molar-refractivity contribution < 1.29 is 46.8 Å². The molecule has 1 heterocycles. The zero-order valence-electron chi connectivity index (χ0n) is 24.2. The van der Waals surface area contributed by atoms with Crippen LogP contribution in [-0.2, 0) is 17.7 Å². The molecule has 1 aromatic heterocycles. The Bertz CT molecular complexity index is 1400. The topological polar surface area (TPSA) is 79.6 Å². The molecule has 1 aliphatic carbocycles. The molecule has 0 N–H and O–H groups in total. The molecular formula is C30H33Cl2F2N2O7+. The van der Waals surface area contributed by atoms with E-state index in [1.165, 1.54) is 61.6 Å². The Morgan fingerprint density at radius 1 is 0.977 bits per heavy atom.